The molecule has 134 valence electrons. The van der Waals surface area contributed by atoms with E-state index in [0.29, 0.717) is 28.8 Å². The van der Waals surface area contributed by atoms with Gasteiger partial charge in [0.1, 0.15) is 5.75 Å². The molecule has 0 unspecified atom stereocenters. The lowest BCUT2D eigenvalue weighted by atomic mass is 10.1. The van der Waals surface area contributed by atoms with Crippen LogP contribution in [-0.4, -0.2) is 17.1 Å². The number of fused-ring (bicyclic) bond motifs is 1. The van der Waals surface area contributed by atoms with E-state index in [1.807, 2.05) is 25.1 Å². The molecule has 0 saturated carbocycles. The van der Waals surface area contributed by atoms with Crippen molar-refractivity contribution in [3.05, 3.63) is 69.6 Å². The Kier molecular flexibility index (Phi) is 5.73. The van der Waals surface area contributed by atoms with Gasteiger partial charge < -0.3 is 14.6 Å². The number of benzene rings is 2. The van der Waals surface area contributed by atoms with Gasteiger partial charge in [-0.1, -0.05) is 28.9 Å². The molecule has 0 fully saturated rings. The topological polar surface area (TPSA) is 60.3 Å². The molecule has 0 radical (unpaired) electrons. The molecule has 5 nitrogen and oxygen atoms in total. The standard InChI is InChI=1S/C20H19BrN2O3/c1-2-11-23-12-10-16-17(20(23)25)4-3-5-18(16)26-13-19(24)22-15-8-6-14(21)7-9-15/h3-10,12H,2,11,13H2,1H3,(H,22,24). The van der Waals surface area contributed by atoms with E-state index in [1.165, 1.54) is 0 Å². The summed E-state index contributed by atoms with van der Waals surface area (Å²) in [4.78, 5) is 24.6. The van der Waals surface area contributed by atoms with Crippen molar-refractivity contribution in [2.75, 3.05) is 11.9 Å². The number of nitrogens with one attached hydrogen (secondary N) is 1. The third-order valence-corrected chi connectivity index (χ3v) is 4.46. The summed E-state index contributed by atoms with van der Waals surface area (Å²) in [5.41, 5.74) is 0.649. The highest BCUT2D eigenvalue weighted by molar-refractivity contribution is 9.10. The van der Waals surface area contributed by atoms with Gasteiger partial charge in [-0.3, -0.25) is 9.59 Å². The molecule has 0 aliphatic heterocycles. The number of nitrogens with zero attached hydrogens (tertiary/aromatic N) is 1. The minimum atomic E-state index is -0.261. The second-order valence-electron chi connectivity index (χ2n) is 5.88. The molecule has 0 bridgehead atoms. The first-order chi connectivity index (χ1) is 12.6. The van der Waals surface area contributed by atoms with Gasteiger partial charge in [0.25, 0.3) is 11.5 Å². The van der Waals surface area contributed by atoms with Crippen molar-refractivity contribution in [3.63, 3.8) is 0 Å². The van der Waals surface area contributed by atoms with Crippen molar-refractivity contribution in [2.45, 2.75) is 19.9 Å². The summed E-state index contributed by atoms with van der Waals surface area (Å²) in [6.45, 7) is 2.57. The second kappa shape index (κ2) is 8.19. The molecule has 2 aromatic carbocycles. The number of halogens is 1. The normalized spacial score (nSPS) is 10.7. The van der Waals surface area contributed by atoms with E-state index in [0.717, 1.165) is 10.9 Å². The third kappa shape index (κ3) is 4.14. The number of amides is 1. The first-order valence-corrected chi connectivity index (χ1v) is 9.18. The van der Waals surface area contributed by atoms with Gasteiger partial charge in [0.2, 0.25) is 0 Å². The maximum atomic E-state index is 12.5. The molecule has 1 amide bonds. The maximum Gasteiger partial charge on any atom is 0.262 e. The highest BCUT2D eigenvalue weighted by atomic mass is 79.9. The number of hydrogen-bond acceptors (Lipinski definition) is 3. The van der Waals surface area contributed by atoms with Crippen molar-refractivity contribution >= 4 is 38.3 Å². The Bertz CT molecular complexity index is 981. The fourth-order valence-electron chi connectivity index (χ4n) is 2.71. The summed E-state index contributed by atoms with van der Waals surface area (Å²) >= 11 is 3.35. The Morgan fingerprint density at radius 3 is 2.62 bits per heavy atom. The van der Waals surface area contributed by atoms with E-state index in [1.54, 1.807) is 41.1 Å². The molecule has 1 N–H and O–H groups in total. The van der Waals surface area contributed by atoms with E-state index in [9.17, 15) is 9.59 Å². The third-order valence-electron chi connectivity index (χ3n) is 3.93. The summed E-state index contributed by atoms with van der Waals surface area (Å²) in [6.07, 6.45) is 2.65. The highest BCUT2D eigenvalue weighted by Crippen LogP contribution is 2.23. The van der Waals surface area contributed by atoms with Gasteiger partial charge >= 0.3 is 0 Å². The van der Waals surface area contributed by atoms with E-state index in [4.69, 9.17) is 4.74 Å². The number of ether oxygens (including phenoxy) is 1. The Morgan fingerprint density at radius 1 is 1.12 bits per heavy atom. The lowest BCUT2D eigenvalue weighted by molar-refractivity contribution is -0.118. The number of carbonyl (C=O) groups excluding carboxylic acids is 1. The zero-order valence-corrected chi connectivity index (χ0v) is 16.0. The zero-order chi connectivity index (χ0) is 18.5. The minimum absolute atomic E-state index is 0.0471. The molecule has 1 heterocycles. The molecule has 3 rings (SSSR count). The largest absolute Gasteiger partial charge is 0.483 e. The summed E-state index contributed by atoms with van der Waals surface area (Å²) in [7, 11) is 0. The van der Waals surface area contributed by atoms with Gasteiger partial charge in [-0.2, -0.15) is 0 Å². The van der Waals surface area contributed by atoms with E-state index < -0.39 is 0 Å². The quantitative estimate of drug-likeness (QED) is 0.657. The minimum Gasteiger partial charge on any atom is -0.483 e. The Labute approximate surface area is 159 Å². The van der Waals surface area contributed by atoms with Crippen molar-refractivity contribution in [3.8, 4) is 5.75 Å². The second-order valence-corrected chi connectivity index (χ2v) is 6.79. The van der Waals surface area contributed by atoms with Crippen LogP contribution in [0, 0.1) is 0 Å². The molecule has 6 heteroatoms. The SMILES string of the molecule is CCCn1ccc2c(OCC(=O)Nc3ccc(Br)cc3)cccc2c1=O. The van der Waals surface area contributed by atoms with Crippen LogP contribution in [0.5, 0.6) is 5.75 Å². The van der Waals surface area contributed by atoms with Crippen LogP contribution >= 0.6 is 15.9 Å². The van der Waals surface area contributed by atoms with Crippen LogP contribution in [-0.2, 0) is 11.3 Å². The first-order valence-electron chi connectivity index (χ1n) is 8.39. The first kappa shape index (κ1) is 18.2. The summed E-state index contributed by atoms with van der Waals surface area (Å²) in [5, 5.41) is 4.07. The van der Waals surface area contributed by atoms with Crippen LogP contribution in [0.3, 0.4) is 0 Å². The van der Waals surface area contributed by atoms with Gasteiger partial charge in [0.15, 0.2) is 6.61 Å². The summed E-state index contributed by atoms with van der Waals surface area (Å²) in [6, 6.07) is 14.5. The van der Waals surface area contributed by atoms with Crippen LogP contribution in [0.1, 0.15) is 13.3 Å². The fraction of sp³-hybridized carbons (Fsp3) is 0.200. The Hall–Kier alpha value is -2.60. The number of anilines is 1. The van der Waals surface area contributed by atoms with Crippen molar-refractivity contribution < 1.29 is 9.53 Å². The molecule has 0 saturated heterocycles. The van der Waals surface area contributed by atoms with Gasteiger partial charge in [-0.25, -0.2) is 0 Å². The Balaban J connectivity index is 1.74. The molecular weight excluding hydrogens is 396 g/mol. The van der Waals surface area contributed by atoms with Crippen LogP contribution in [0.2, 0.25) is 0 Å². The average Bonchev–Trinajstić information content (AvgIpc) is 2.64. The van der Waals surface area contributed by atoms with E-state index >= 15 is 0 Å². The Morgan fingerprint density at radius 2 is 1.88 bits per heavy atom. The number of hydrogen-bond donors (Lipinski definition) is 1. The van der Waals surface area contributed by atoms with Crippen molar-refractivity contribution in [1.82, 2.24) is 4.57 Å². The lowest BCUT2D eigenvalue weighted by Gasteiger charge is -2.11. The number of aromatic nitrogens is 1. The predicted molar refractivity (Wildman–Crippen MR) is 107 cm³/mol. The molecule has 0 aliphatic carbocycles. The number of pyridine rings is 1. The number of aryl methyl sites for hydroxylation is 1. The van der Waals surface area contributed by atoms with Gasteiger partial charge in [-0.15, -0.1) is 0 Å². The van der Waals surface area contributed by atoms with Crippen molar-refractivity contribution in [1.29, 1.82) is 0 Å². The summed E-state index contributed by atoms with van der Waals surface area (Å²) < 4.78 is 8.29. The smallest absolute Gasteiger partial charge is 0.262 e. The monoisotopic (exact) mass is 414 g/mol. The van der Waals surface area contributed by atoms with Gasteiger partial charge in [0, 0.05) is 28.3 Å². The zero-order valence-electron chi connectivity index (χ0n) is 14.4. The molecule has 26 heavy (non-hydrogen) atoms. The van der Waals surface area contributed by atoms with Gasteiger partial charge in [-0.05, 0) is 48.9 Å². The molecule has 1 aromatic heterocycles. The van der Waals surface area contributed by atoms with E-state index in [-0.39, 0.29) is 18.1 Å². The predicted octanol–water partition coefficient (Wildman–Crippen LogP) is 4.19. The molecule has 0 aliphatic rings. The van der Waals surface area contributed by atoms with Gasteiger partial charge in [0.05, 0.1) is 5.39 Å². The maximum absolute atomic E-state index is 12.5. The van der Waals surface area contributed by atoms with Crippen LogP contribution in [0.25, 0.3) is 10.8 Å². The summed E-state index contributed by atoms with van der Waals surface area (Å²) in [5.74, 6) is 0.262. The average molecular weight is 415 g/mol. The molecule has 0 spiro atoms. The lowest BCUT2D eigenvalue weighted by Crippen LogP contribution is -2.21. The number of carbonyl (C=O) groups is 1. The number of rotatable bonds is 6. The fourth-order valence-corrected chi connectivity index (χ4v) is 2.97. The molecule has 3 aromatic rings. The van der Waals surface area contributed by atoms with Crippen LogP contribution in [0.4, 0.5) is 5.69 Å². The van der Waals surface area contributed by atoms with E-state index in [2.05, 4.69) is 21.2 Å². The molecule has 0 atom stereocenters. The highest BCUT2D eigenvalue weighted by Gasteiger charge is 2.09. The molecular formula is C20H19BrN2O3. The van der Waals surface area contributed by atoms with Crippen LogP contribution in [0.15, 0.2) is 64.0 Å². The van der Waals surface area contributed by atoms with Crippen molar-refractivity contribution in [2.24, 2.45) is 0 Å². The van der Waals surface area contributed by atoms with Crippen LogP contribution < -0.4 is 15.6 Å².